The van der Waals surface area contributed by atoms with E-state index < -0.39 is 0 Å². The molecule has 0 saturated carbocycles. The fourth-order valence-electron chi connectivity index (χ4n) is 5.81. The number of benzene rings is 3. The molecule has 3 aliphatic rings. The summed E-state index contributed by atoms with van der Waals surface area (Å²) in [5, 5.41) is 3.85. The van der Waals surface area contributed by atoms with Gasteiger partial charge < -0.3 is 10.1 Å². The van der Waals surface area contributed by atoms with E-state index in [1.165, 1.54) is 30.0 Å². The van der Waals surface area contributed by atoms with Gasteiger partial charge in [0.15, 0.2) is 0 Å². The summed E-state index contributed by atoms with van der Waals surface area (Å²) < 4.78 is 19.5. The van der Waals surface area contributed by atoms with Crippen molar-refractivity contribution in [2.75, 3.05) is 20.2 Å². The van der Waals surface area contributed by atoms with E-state index in [1.807, 2.05) is 0 Å². The monoisotopic (exact) mass is 430 g/mol. The molecule has 1 N–H and O–H groups in total. The number of nitrogens with zero attached hydrogens (tertiary/aromatic N) is 1. The zero-order chi connectivity index (χ0) is 21.9. The van der Waals surface area contributed by atoms with Gasteiger partial charge in [-0.15, -0.1) is 0 Å². The summed E-state index contributed by atoms with van der Waals surface area (Å²) in [6.45, 7) is 2.89. The van der Waals surface area contributed by atoms with Crippen LogP contribution in [0.4, 0.5) is 4.39 Å². The van der Waals surface area contributed by atoms with E-state index in [4.69, 9.17) is 4.74 Å². The summed E-state index contributed by atoms with van der Waals surface area (Å²) in [7, 11) is 1.65. The van der Waals surface area contributed by atoms with Crippen LogP contribution in [0.3, 0.4) is 0 Å². The Labute approximate surface area is 190 Å². The number of fused-ring (bicyclic) bond motifs is 3. The molecule has 0 aromatic heterocycles. The zero-order valence-corrected chi connectivity index (χ0v) is 18.6. The van der Waals surface area contributed by atoms with Crippen LogP contribution in [0.15, 0.2) is 78.9 Å². The highest BCUT2D eigenvalue weighted by molar-refractivity contribution is 5.37. The number of rotatable bonds is 7. The fourth-order valence-corrected chi connectivity index (χ4v) is 5.81. The van der Waals surface area contributed by atoms with E-state index in [9.17, 15) is 4.39 Å². The van der Waals surface area contributed by atoms with Crippen LogP contribution in [0.2, 0.25) is 0 Å². The highest BCUT2D eigenvalue weighted by atomic mass is 19.1. The Bertz CT molecular complexity index is 979. The Hall–Kier alpha value is -2.69. The van der Waals surface area contributed by atoms with Crippen LogP contribution < -0.4 is 10.1 Å². The molecule has 2 atom stereocenters. The van der Waals surface area contributed by atoms with E-state index in [-0.39, 0.29) is 11.7 Å². The van der Waals surface area contributed by atoms with Gasteiger partial charge in [-0.05, 0) is 61.2 Å². The minimum atomic E-state index is -0.223. The van der Waals surface area contributed by atoms with Crippen molar-refractivity contribution in [1.82, 2.24) is 10.2 Å². The van der Waals surface area contributed by atoms with Crippen molar-refractivity contribution in [3.63, 3.8) is 0 Å². The number of piperidine rings is 3. The van der Waals surface area contributed by atoms with Crippen molar-refractivity contribution in [2.45, 2.75) is 37.4 Å². The number of hydrogen-bond acceptors (Lipinski definition) is 3. The zero-order valence-electron chi connectivity index (χ0n) is 18.6. The summed E-state index contributed by atoms with van der Waals surface area (Å²) in [6.07, 6.45) is 2.43. The van der Waals surface area contributed by atoms with Crippen LogP contribution in [0.1, 0.15) is 35.4 Å². The summed E-state index contributed by atoms with van der Waals surface area (Å²) >= 11 is 0. The van der Waals surface area contributed by atoms with Crippen molar-refractivity contribution < 1.29 is 9.13 Å². The number of methoxy groups -OCH3 is 1. The topological polar surface area (TPSA) is 24.5 Å². The molecule has 0 radical (unpaired) electrons. The molecule has 4 heteroatoms. The van der Waals surface area contributed by atoms with E-state index >= 15 is 0 Å². The van der Waals surface area contributed by atoms with Crippen molar-refractivity contribution in [3.8, 4) is 5.75 Å². The lowest BCUT2D eigenvalue weighted by molar-refractivity contribution is 0.00461. The molecule has 3 aliphatic heterocycles. The van der Waals surface area contributed by atoms with Crippen LogP contribution in [0.5, 0.6) is 5.75 Å². The van der Waals surface area contributed by atoms with Gasteiger partial charge in [-0.3, -0.25) is 4.90 Å². The molecule has 3 saturated heterocycles. The lowest BCUT2D eigenvalue weighted by atomic mass is 9.70. The molecule has 0 spiro atoms. The van der Waals surface area contributed by atoms with Crippen molar-refractivity contribution in [3.05, 3.63) is 101 Å². The number of hydrogen-bond donors (Lipinski definition) is 1. The van der Waals surface area contributed by atoms with E-state index in [0.717, 1.165) is 24.4 Å². The molecule has 2 bridgehead atoms. The average molecular weight is 431 g/mol. The molecule has 32 heavy (non-hydrogen) atoms. The standard InChI is InChI=1S/C28H31FN2O/c1-32-25-13-12-24(29)18-23(25)19-30-27-22-14-16-31(17-15-22)28(27)26(20-8-4-2-5-9-20)21-10-6-3-7-11-21/h2-13,18,22,26-28,30H,14-17,19H2,1H3/t27-,28+/m1/s1. The molecule has 3 nitrogen and oxygen atoms in total. The maximum atomic E-state index is 14.0. The van der Waals surface area contributed by atoms with Crippen LogP contribution in [0, 0.1) is 11.7 Å². The van der Waals surface area contributed by atoms with Crippen molar-refractivity contribution >= 4 is 0 Å². The van der Waals surface area contributed by atoms with Crippen LogP contribution in [-0.2, 0) is 6.54 Å². The lowest BCUT2D eigenvalue weighted by Gasteiger charge is -2.54. The first kappa shape index (κ1) is 21.2. The second-order valence-corrected chi connectivity index (χ2v) is 9.03. The van der Waals surface area contributed by atoms with E-state index in [2.05, 4.69) is 70.9 Å². The Balaban J connectivity index is 1.49. The Morgan fingerprint density at radius 3 is 2.16 bits per heavy atom. The summed E-state index contributed by atoms with van der Waals surface area (Å²) in [4.78, 5) is 2.67. The molecule has 166 valence electrons. The summed E-state index contributed by atoms with van der Waals surface area (Å²) in [5.41, 5.74) is 3.58. The third-order valence-corrected chi connectivity index (χ3v) is 7.30. The van der Waals surface area contributed by atoms with Gasteiger partial charge in [-0.1, -0.05) is 60.7 Å². The van der Waals surface area contributed by atoms with Crippen LogP contribution in [-0.4, -0.2) is 37.2 Å². The highest BCUT2D eigenvalue weighted by Gasteiger charge is 2.46. The van der Waals surface area contributed by atoms with Crippen LogP contribution in [0.25, 0.3) is 0 Å². The normalized spacial score (nSPS) is 24.6. The minimum Gasteiger partial charge on any atom is -0.496 e. The molecule has 0 aliphatic carbocycles. The van der Waals surface area contributed by atoms with Gasteiger partial charge in [-0.25, -0.2) is 4.39 Å². The molecule has 0 amide bonds. The number of ether oxygens (including phenoxy) is 1. The maximum Gasteiger partial charge on any atom is 0.123 e. The van der Waals surface area contributed by atoms with Gasteiger partial charge in [0.25, 0.3) is 0 Å². The van der Waals surface area contributed by atoms with Gasteiger partial charge in [0, 0.05) is 30.1 Å². The molecule has 3 aromatic rings. The average Bonchev–Trinajstić information content (AvgIpc) is 2.85. The SMILES string of the molecule is COc1ccc(F)cc1CN[C@@H]1C2CCN(CC2)[C@H]1C(c1ccccc1)c1ccccc1. The first-order chi connectivity index (χ1) is 15.7. The van der Waals surface area contributed by atoms with E-state index in [0.29, 0.717) is 24.5 Å². The van der Waals surface area contributed by atoms with Gasteiger partial charge in [-0.2, -0.15) is 0 Å². The van der Waals surface area contributed by atoms with Crippen LogP contribution >= 0.6 is 0 Å². The van der Waals surface area contributed by atoms with Gasteiger partial charge in [0.1, 0.15) is 11.6 Å². The minimum absolute atomic E-state index is 0.223. The summed E-state index contributed by atoms with van der Waals surface area (Å²) in [6, 6.07) is 27.2. The second kappa shape index (κ2) is 9.43. The Morgan fingerprint density at radius 1 is 0.938 bits per heavy atom. The fraction of sp³-hybridized carbons (Fsp3) is 0.357. The maximum absolute atomic E-state index is 14.0. The Kier molecular flexibility index (Phi) is 6.24. The quantitative estimate of drug-likeness (QED) is 0.556. The molecule has 0 unspecified atom stereocenters. The van der Waals surface area contributed by atoms with Crippen molar-refractivity contribution in [1.29, 1.82) is 0 Å². The second-order valence-electron chi connectivity index (χ2n) is 9.03. The number of nitrogens with one attached hydrogen (secondary N) is 1. The first-order valence-electron chi connectivity index (χ1n) is 11.6. The highest BCUT2D eigenvalue weighted by Crippen LogP contribution is 2.42. The molecule has 3 fully saturated rings. The van der Waals surface area contributed by atoms with Gasteiger partial charge in [0.2, 0.25) is 0 Å². The van der Waals surface area contributed by atoms with Crippen molar-refractivity contribution in [2.24, 2.45) is 5.92 Å². The molecule has 3 heterocycles. The molecular weight excluding hydrogens is 399 g/mol. The predicted octanol–water partition coefficient (Wildman–Crippen LogP) is 5.22. The number of halogens is 1. The largest absolute Gasteiger partial charge is 0.496 e. The third-order valence-electron chi connectivity index (χ3n) is 7.30. The predicted molar refractivity (Wildman–Crippen MR) is 126 cm³/mol. The molecule has 3 aromatic carbocycles. The lowest BCUT2D eigenvalue weighted by Crippen LogP contribution is -2.64. The smallest absolute Gasteiger partial charge is 0.123 e. The van der Waals surface area contributed by atoms with Gasteiger partial charge >= 0.3 is 0 Å². The van der Waals surface area contributed by atoms with E-state index in [1.54, 1.807) is 19.2 Å². The third kappa shape index (κ3) is 4.17. The Morgan fingerprint density at radius 2 is 1.56 bits per heavy atom. The summed E-state index contributed by atoms with van der Waals surface area (Å²) in [5.74, 6) is 1.42. The molecule has 6 rings (SSSR count). The first-order valence-corrected chi connectivity index (χ1v) is 11.6. The molecular formula is C28H31FN2O. The van der Waals surface area contributed by atoms with Gasteiger partial charge in [0.05, 0.1) is 7.11 Å².